The van der Waals surface area contributed by atoms with E-state index in [2.05, 4.69) is 15.9 Å². The zero-order chi connectivity index (χ0) is 14.8. The molecule has 0 fully saturated rings. The number of carboxylic acid groups (broad SMARTS) is 1. The van der Waals surface area contributed by atoms with Gasteiger partial charge >= 0.3 is 12.1 Å². The first kappa shape index (κ1) is 15.9. The van der Waals surface area contributed by atoms with E-state index in [1.165, 1.54) is 4.72 Å². The minimum absolute atomic E-state index is 0.120. The van der Waals surface area contributed by atoms with Crippen LogP contribution < -0.4 is 4.72 Å². The molecular weight excluding hydrogens is 355 g/mol. The maximum atomic E-state index is 11.9. The fourth-order valence-corrected chi connectivity index (χ4v) is 2.55. The lowest BCUT2D eigenvalue weighted by atomic mass is 10.2. The van der Waals surface area contributed by atoms with Gasteiger partial charge in [-0.25, -0.2) is 17.9 Å². The van der Waals surface area contributed by atoms with Gasteiger partial charge in [-0.3, -0.25) is 0 Å². The van der Waals surface area contributed by atoms with Crippen molar-refractivity contribution in [2.45, 2.75) is 11.1 Å². The number of sulfonamides is 1. The van der Waals surface area contributed by atoms with E-state index in [0.29, 0.717) is 0 Å². The molecule has 0 bridgehead atoms. The number of carboxylic acids is 1. The Morgan fingerprint density at radius 2 is 1.95 bits per heavy atom. The highest BCUT2D eigenvalue weighted by Crippen LogP contribution is 2.21. The molecule has 1 rings (SSSR count). The van der Waals surface area contributed by atoms with Crippen LogP contribution in [0.15, 0.2) is 27.6 Å². The third-order valence-electron chi connectivity index (χ3n) is 1.94. The van der Waals surface area contributed by atoms with Crippen molar-refractivity contribution in [2.24, 2.45) is 0 Å². The molecule has 0 saturated carbocycles. The third-order valence-corrected chi connectivity index (χ3v) is 4.03. The van der Waals surface area contributed by atoms with E-state index in [1.54, 1.807) is 0 Å². The van der Waals surface area contributed by atoms with Crippen LogP contribution in [0.2, 0.25) is 0 Å². The summed E-state index contributed by atoms with van der Waals surface area (Å²) in [5, 5.41) is 8.79. The van der Waals surface area contributed by atoms with Crippen molar-refractivity contribution < 1.29 is 31.5 Å². The van der Waals surface area contributed by atoms with Crippen LogP contribution in [0.3, 0.4) is 0 Å². The molecule has 1 aromatic carbocycles. The third kappa shape index (κ3) is 4.48. The summed E-state index contributed by atoms with van der Waals surface area (Å²) in [7, 11) is -4.42. The van der Waals surface area contributed by atoms with Crippen LogP contribution in [0.5, 0.6) is 0 Å². The number of aromatic carboxylic acids is 1. The minimum Gasteiger partial charge on any atom is -0.478 e. The first-order chi connectivity index (χ1) is 8.53. The molecule has 0 spiro atoms. The molecule has 5 nitrogen and oxygen atoms in total. The molecule has 0 radical (unpaired) electrons. The van der Waals surface area contributed by atoms with Crippen molar-refractivity contribution in [1.29, 1.82) is 0 Å². The molecule has 106 valence electrons. The Labute approximate surface area is 114 Å². The van der Waals surface area contributed by atoms with Gasteiger partial charge in [-0.1, -0.05) is 0 Å². The standard InChI is InChI=1S/C9H7BrF3NO4S/c10-7-2-1-5(3-6(7)8(15)16)19(17,18)14-4-9(11,12)13/h1-3,14H,4H2,(H,15,16). The predicted molar refractivity (Wildman–Crippen MR) is 62.3 cm³/mol. The molecule has 0 aliphatic carbocycles. The summed E-state index contributed by atoms with van der Waals surface area (Å²) in [6, 6.07) is 2.89. The molecule has 2 N–H and O–H groups in total. The molecule has 0 amide bonds. The van der Waals surface area contributed by atoms with Gasteiger partial charge in [-0.05, 0) is 34.1 Å². The van der Waals surface area contributed by atoms with Crippen LogP contribution in [0, 0.1) is 0 Å². The Bertz CT molecular complexity index is 600. The SMILES string of the molecule is O=C(O)c1cc(S(=O)(=O)NCC(F)(F)F)ccc1Br. The number of rotatable bonds is 4. The van der Waals surface area contributed by atoms with Crippen molar-refractivity contribution in [3.05, 3.63) is 28.2 Å². The summed E-state index contributed by atoms with van der Waals surface area (Å²) < 4.78 is 60.4. The largest absolute Gasteiger partial charge is 0.478 e. The highest BCUT2D eigenvalue weighted by molar-refractivity contribution is 9.10. The van der Waals surface area contributed by atoms with Gasteiger partial charge in [0, 0.05) is 4.47 Å². The number of alkyl halides is 3. The molecule has 0 aliphatic rings. The molecule has 19 heavy (non-hydrogen) atoms. The predicted octanol–water partition coefficient (Wildman–Crippen LogP) is 1.99. The van der Waals surface area contributed by atoms with Crippen LogP contribution in [0.4, 0.5) is 13.2 Å². The number of carbonyl (C=O) groups is 1. The minimum atomic E-state index is -4.70. The fraction of sp³-hybridized carbons (Fsp3) is 0.222. The van der Waals surface area contributed by atoms with E-state index in [0.717, 1.165) is 18.2 Å². The monoisotopic (exact) mass is 361 g/mol. The molecule has 0 atom stereocenters. The maximum absolute atomic E-state index is 11.9. The van der Waals surface area contributed by atoms with Crippen LogP contribution in [0.25, 0.3) is 0 Å². The zero-order valence-corrected chi connectivity index (χ0v) is 11.4. The van der Waals surface area contributed by atoms with Crippen molar-refractivity contribution in [2.75, 3.05) is 6.54 Å². The molecule has 1 aromatic rings. The van der Waals surface area contributed by atoms with Gasteiger partial charge in [-0.2, -0.15) is 13.2 Å². The number of hydrogen-bond donors (Lipinski definition) is 2. The average molecular weight is 362 g/mol. The Hall–Kier alpha value is -1.13. The van der Waals surface area contributed by atoms with Crippen molar-refractivity contribution in [3.8, 4) is 0 Å². The quantitative estimate of drug-likeness (QED) is 0.858. The van der Waals surface area contributed by atoms with Crippen molar-refractivity contribution in [3.63, 3.8) is 0 Å². The van der Waals surface area contributed by atoms with Crippen molar-refractivity contribution in [1.82, 2.24) is 4.72 Å². The summed E-state index contributed by atoms with van der Waals surface area (Å²) in [5.41, 5.74) is -0.366. The van der Waals surface area contributed by atoms with Gasteiger partial charge in [0.1, 0.15) is 6.54 Å². The summed E-state index contributed by atoms with van der Waals surface area (Å²) in [4.78, 5) is 10.2. The fourth-order valence-electron chi connectivity index (χ4n) is 1.10. The Kier molecular flexibility index (Phi) is 4.59. The Morgan fingerprint density at radius 3 is 2.42 bits per heavy atom. The van der Waals surface area contributed by atoms with Crippen molar-refractivity contribution >= 4 is 31.9 Å². The van der Waals surface area contributed by atoms with E-state index in [1.807, 2.05) is 0 Å². The summed E-state index contributed by atoms with van der Waals surface area (Å²) >= 11 is 2.89. The van der Waals surface area contributed by atoms with Gasteiger partial charge in [0.05, 0.1) is 10.5 Å². The highest BCUT2D eigenvalue weighted by Gasteiger charge is 2.30. The molecular formula is C9H7BrF3NO4S. The van der Waals surface area contributed by atoms with Crippen LogP contribution >= 0.6 is 15.9 Å². The molecule has 0 unspecified atom stereocenters. The smallest absolute Gasteiger partial charge is 0.402 e. The van der Waals surface area contributed by atoms with E-state index >= 15 is 0 Å². The highest BCUT2D eigenvalue weighted by atomic mass is 79.9. The summed E-state index contributed by atoms with van der Waals surface area (Å²) in [5.74, 6) is -1.40. The number of halogens is 4. The number of benzene rings is 1. The Morgan fingerprint density at radius 1 is 1.37 bits per heavy atom. The van der Waals surface area contributed by atoms with Gasteiger partial charge in [-0.15, -0.1) is 0 Å². The molecule has 10 heteroatoms. The second kappa shape index (κ2) is 5.47. The zero-order valence-electron chi connectivity index (χ0n) is 9.03. The van der Waals surface area contributed by atoms with Gasteiger partial charge in [0.2, 0.25) is 10.0 Å². The van der Waals surface area contributed by atoms with Gasteiger partial charge in [0.25, 0.3) is 0 Å². The number of hydrogen-bond acceptors (Lipinski definition) is 3. The first-order valence-corrected chi connectivity index (χ1v) is 6.90. The number of nitrogens with one attached hydrogen (secondary N) is 1. The van der Waals surface area contributed by atoms with E-state index in [-0.39, 0.29) is 10.0 Å². The van der Waals surface area contributed by atoms with Crippen LogP contribution in [-0.2, 0) is 10.0 Å². The first-order valence-electron chi connectivity index (χ1n) is 4.62. The second-order valence-electron chi connectivity index (χ2n) is 3.39. The molecule has 0 aromatic heterocycles. The average Bonchev–Trinajstić information content (AvgIpc) is 2.25. The second-order valence-corrected chi connectivity index (χ2v) is 6.01. The lowest BCUT2D eigenvalue weighted by Gasteiger charge is -2.10. The van der Waals surface area contributed by atoms with Crippen LogP contribution in [-0.4, -0.2) is 32.2 Å². The van der Waals surface area contributed by atoms with Gasteiger partial charge < -0.3 is 5.11 Å². The topological polar surface area (TPSA) is 83.5 Å². The van der Waals surface area contributed by atoms with E-state index < -0.39 is 33.6 Å². The summed E-state index contributed by atoms with van der Waals surface area (Å²) in [6.07, 6.45) is -4.70. The van der Waals surface area contributed by atoms with E-state index in [4.69, 9.17) is 5.11 Å². The summed E-state index contributed by atoms with van der Waals surface area (Å²) in [6.45, 7) is -1.73. The van der Waals surface area contributed by atoms with Crippen LogP contribution in [0.1, 0.15) is 10.4 Å². The van der Waals surface area contributed by atoms with E-state index in [9.17, 15) is 26.4 Å². The van der Waals surface area contributed by atoms with Gasteiger partial charge in [0.15, 0.2) is 0 Å². The normalized spacial score (nSPS) is 12.4. The molecule has 0 saturated heterocycles. The Balaban J connectivity index is 3.09. The molecule has 0 heterocycles. The maximum Gasteiger partial charge on any atom is 0.402 e. The lowest BCUT2D eigenvalue weighted by Crippen LogP contribution is -2.33. The molecule has 0 aliphatic heterocycles. The lowest BCUT2D eigenvalue weighted by molar-refractivity contribution is -0.121.